The van der Waals surface area contributed by atoms with Crippen LogP contribution in [0.25, 0.3) is 0 Å². The molecule has 4 nitrogen and oxygen atoms in total. The van der Waals surface area contributed by atoms with Crippen LogP contribution in [0.3, 0.4) is 0 Å². The molecular weight excluding hydrogens is 299 g/mol. The van der Waals surface area contributed by atoms with Crippen molar-refractivity contribution >= 4 is 23.2 Å². The number of aliphatic hydroxyl groups excluding tert-OH is 1. The van der Waals surface area contributed by atoms with E-state index in [0.29, 0.717) is 15.8 Å². The summed E-state index contributed by atoms with van der Waals surface area (Å²) in [6, 6.07) is 5.09. The molecule has 1 aliphatic rings. The molecule has 1 atom stereocenters. The molecule has 1 aliphatic heterocycles. The van der Waals surface area contributed by atoms with Crippen molar-refractivity contribution < 1.29 is 19.6 Å². The first kappa shape index (κ1) is 15.9. The molecule has 0 unspecified atom stereocenters. The van der Waals surface area contributed by atoms with Crippen LogP contribution in [-0.2, 0) is 0 Å². The van der Waals surface area contributed by atoms with E-state index in [-0.39, 0.29) is 6.61 Å². The van der Waals surface area contributed by atoms with E-state index in [1.165, 1.54) is 4.90 Å². The van der Waals surface area contributed by atoms with E-state index in [0.717, 1.165) is 32.7 Å². The van der Waals surface area contributed by atoms with Crippen molar-refractivity contribution in [2.45, 2.75) is 6.10 Å². The van der Waals surface area contributed by atoms with Crippen LogP contribution in [0.1, 0.15) is 0 Å². The lowest BCUT2D eigenvalue weighted by Gasteiger charge is -2.28. The van der Waals surface area contributed by atoms with Crippen LogP contribution in [0, 0.1) is 0 Å². The zero-order valence-electron chi connectivity index (χ0n) is 11.7. The molecule has 1 fully saturated rings. The molecule has 1 aromatic rings. The van der Waals surface area contributed by atoms with Gasteiger partial charge in [-0.2, -0.15) is 0 Å². The third-order valence-electron chi connectivity index (χ3n) is 3.66. The average molecular weight is 321 g/mol. The highest BCUT2D eigenvalue weighted by molar-refractivity contribution is 6.35. The van der Waals surface area contributed by atoms with Gasteiger partial charge in [0.1, 0.15) is 51.2 Å². The number of benzene rings is 1. The molecule has 0 radical (unpaired) electrons. The first-order valence-corrected chi connectivity index (χ1v) is 7.71. The monoisotopic (exact) mass is 320 g/mol. The standard InChI is InChI=1S/C14H20Cl2N2O2/c1-17-4-6-18(7-5-17)9-12(19)10-20-14-3-2-11(15)8-13(14)16/h2-3,8,12,19H,4-7,9-10H2,1H3/p+2/t12-/m0/s1. The lowest BCUT2D eigenvalue weighted by atomic mass is 10.3. The van der Waals surface area contributed by atoms with Crippen LogP contribution >= 0.6 is 23.2 Å². The normalized spacial score (nSPS) is 24.4. The molecule has 0 spiro atoms. The van der Waals surface area contributed by atoms with E-state index in [2.05, 4.69) is 7.05 Å². The van der Waals surface area contributed by atoms with E-state index < -0.39 is 6.10 Å². The minimum Gasteiger partial charge on any atom is -0.489 e. The summed E-state index contributed by atoms with van der Waals surface area (Å²) in [5.74, 6) is 0.563. The minimum absolute atomic E-state index is 0.257. The number of nitrogens with one attached hydrogen (secondary N) is 2. The van der Waals surface area contributed by atoms with Gasteiger partial charge in [0.25, 0.3) is 0 Å². The summed E-state index contributed by atoms with van der Waals surface area (Å²) in [7, 11) is 2.21. The van der Waals surface area contributed by atoms with Gasteiger partial charge in [-0.3, -0.25) is 0 Å². The van der Waals surface area contributed by atoms with Gasteiger partial charge in [-0.15, -0.1) is 0 Å². The maximum atomic E-state index is 10.1. The average Bonchev–Trinajstić information content (AvgIpc) is 2.40. The fourth-order valence-corrected chi connectivity index (χ4v) is 2.87. The summed E-state index contributed by atoms with van der Waals surface area (Å²) < 4.78 is 5.56. The summed E-state index contributed by atoms with van der Waals surface area (Å²) in [5.41, 5.74) is 0. The van der Waals surface area contributed by atoms with E-state index >= 15 is 0 Å². The molecular formula is C14H22Cl2N2O2+2. The number of halogens is 2. The lowest BCUT2D eigenvalue weighted by molar-refractivity contribution is -1.00. The first-order valence-electron chi connectivity index (χ1n) is 6.95. The molecule has 6 heteroatoms. The zero-order chi connectivity index (χ0) is 14.5. The topological polar surface area (TPSA) is 38.3 Å². The maximum absolute atomic E-state index is 10.1. The van der Waals surface area contributed by atoms with Gasteiger partial charge in [0, 0.05) is 5.02 Å². The van der Waals surface area contributed by atoms with Crippen molar-refractivity contribution in [1.29, 1.82) is 0 Å². The van der Waals surface area contributed by atoms with Gasteiger partial charge in [0.05, 0.1) is 12.1 Å². The van der Waals surface area contributed by atoms with Crippen molar-refractivity contribution in [2.75, 3.05) is 46.4 Å². The van der Waals surface area contributed by atoms with Crippen LogP contribution in [0.4, 0.5) is 0 Å². The van der Waals surface area contributed by atoms with Crippen LogP contribution in [0.15, 0.2) is 18.2 Å². The van der Waals surface area contributed by atoms with Crippen LogP contribution in [0.2, 0.25) is 10.0 Å². The number of ether oxygens (including phenoxy) is 1. The molecule has 0 saturated carbocycles. The number of hydrogen-bond acceptors (Lipinski definition) is 2. The Labute approximate surface area is 129 Å². The highest BCUT2D eigenvalue weighted by Gasteiger charge is 2.22. The first-order chi connectivity index (χ1) is 9.54. The number of hydrogen-bond donors (Lipinski definition) is 3. The van der Waals surface area contributed by atoms with Gasteiger partial charge >= 0.3 is 0 Å². The number of piperazine rings is 1. The predicted molar refractivity (Wildman–Crippen MR) is 80.1 cm³/mol. The molecule has 0 aliphatic carbocycles. The Morgan fingerprint density at radius 2 is 1.95 bits per heavy atom. The highest BCUT2D eigenvalue weighted by Crippen LogP contribution is 2.27. The molecule has 20 heavy (non-hydrogen) atoms. The number of likely N-dealkylation sites (N-methyl/N-ethyl adjacent to an activating group) is 1. The predicted octanol–water partition coefficient (Wildman–Crippen LogP) is -0.854. The fourth-order valence-electron chi connectivity index (χ4n) is 2.40. The van der Waals surface area contributed by atoms with Gasteiger partial charge in [-0.25, -0.2) is 0 Å². The number of rotatable bonds is 5. The molecule has 3 N–H and O–H groups in total. The Morgan fingerprint density at radius 1 is 1.25 bits per heavy atom. The van der Waals surface area contributed by atoms with Gasteiger partial charge in [-0.1, -0.05) is 23.2 Å². The lowest BCUT2D eigenvalue weighted by Crippen LogP contribution is -3.27. The van der Waals surface area contributed by atoms with E-state index in [9.17, 15) is 5.11 Å². The molecule has 1 aromatic carbocycles. The van der Waals surface area contributed by atoms with Gasteiger partial charge in [0.2, 0.25) is 0 Å². The van der Waals surface area contributed by atoms with Crippen molar-refractivity contribution in [3.05, 3.63) is 28.2 Å². The second kappa shape index (κ2) is 7.48. The van der Waals surface area contributed by atoms with Gasteiger partial charge < -0.3 is 19.6 Å². The minimum atomic E-state index is -0.477. The zero-order valence-corrected chi connectivity index (χ0v) is 13.2. The summed E-state index contributed by atoms with van der Waals surface area (Å²) in [6.07, 6.45) is -0.477. The molecule has 1 heterocycles. The summed E-state index contributed by atoms with van der Waals surface area (Å²) in [6.45, 7) is 5.50. The number of quaternary nitrogens is 2. The smallest absolute Gasteiger partial charge is 0.138 e. The number of aliphatic hydroxyl groups is 1. The van der Waals surface area contributed by atoms with Crippen LogP contribution in [0.5, 0.6) is 5.75 Å². The third kappa shape index (κ3) is 4.79. The molecule has 0 amide bonds. The second-order valence-electron chi connectivity index (χ2n) is 5.45. The molecule has 0 aromatic heterocycles. The second-order valence-corrected chi connectivity index (χ2v) is 6.29. The Hall–Kier alpha value is -0.520. The molecule has 1 saturated heterocycles. The molecule has 2 rings (SSSR count). The van der Waals surface area contributed by atoms with Crippen LogP contribution < -0.4 is 14.5 Å². The Balaban J connectivity index is 1.76. The Morgan fingerprint density at radius 3 is 2.60 bits per heavy atom. The van der Waals surface area contributed by atoms with Crippen molar-refractivity contribution in [3.63, 3.8) is 0 Å². The van der Waals surface area contributed by atoms with Crippen molar-refractivity contribution in [2.24, 2.45) is 0 Å². The highest BCUT2D eigenvalue weighted by atomic mass is 35.5. The Kier molecular flexibility index (Phi) is 5.93. The van der Waals surface area contributed by atoms with E-state index in [1.807, 2.05) is 0 Å². The van der Waals surface area contributed by atoms with Gasteiger partial charge in [-0.05, 0) is 18.2 Å². The Bertz CT molecular complexity index is 437. The fraction of sp³-hybridized carbons (Fsp3) is 0.571. The SMILES string of the molecule is C[NH+]1CC[NH+](C[C@H](O)COc2ccc(Cl)cc2Cl)CC1. The third-order valence-corrected chi connectivity index (χ3v) is 4.19. The van der Waals surface area contributed by atoms with Crippen LogP contribution in [-0.4, -0.2) is 57.6 Å². The maximum Gasteiger partial charge on any atom is 0.138 e. The van der Waals surface area contributed by atoms with E-state index in [1.54, 1.807) is 23.1 Å². The van der Waals surface area contributed by atoms with Crippen molar-refractivity contribution in [3.8, 4) is 5.75 Å². The summed E-state index contributed by atoms with van der Waals surface area (Å²) >= 11 is 11.8. The largest absolute Gasteiger partial charge is 0.489 e. The molecule has 112 valence electrons. The quantitative estimate of drug-likeness (QED) is 0.661. The van der Waals surface area contributed by atoms with Crippen molar-refractivity contribution in [1.82, 2.24) is 0 Å². The van der Waals surface area contributed by atoms with E-state index in [4.69, 9.17) is 27.9 Å². The van der Waals surface area contributed by atoms with Gasteiger partial charge in [0.15, 0.2) is 0 Å². The summed E-state index contributed by atoms with van der Waals surface area (Å²) in [5, 5.41) is 11.1. The molecule has 0 bridgehead atoms. The summed E-state index contributed by atoms with van der Waals surface area (Å²) in [4.78, 5) is 3.00.